The molecule has 4 bridgehead atoms. The Morgan fingerprint density at radius 1 is 1.17 bits per heavy atom. The Morgan fingerprint density at radius 2 is 2.03 bits per heavy atom. The first-order valence-electron chi connectivity index (χ1n) is 9.95. The van der Waals surface area contributed by atoms with Gasteiger partial charge in [-0.05, 0) is 18.9 Å². The first-order chi connectivity index (χ1) is 14.5. The molecule has 156 valence electrons. The maximum absolute atomic E-state index is 13.0. The second-order valence-corrected chi connectivity index (χ2v) is 7.36. The van der Waals surface area contributed by atoms with Gasteiger partial charge in [-0.15, -0.1) is 0 Å². The van der Waals surface area contributed by atoms with E-state index in [2.05, 4.69) is 20.8 Å². The first-order valence-corrected chi connectivity index (χ1v) is 9.95. The summed E-state index contributed by atoms with van der Waals surface area (Å²) in [6.07, 6.45) is 16.9. The van der Waals surface area contributed by atoms with Crippen LogP contribution in [-0.2, 0) is 18.4 Å². The van der Waals surface area contributed by atoms with Crippen LogP contribution < -0.4 is 10.6 Å². The Bertz CT molecular complexity index is 1040. The summed E-state index contributed by atoms with van der Waals surface area (Å²) in [5.41, 5.74) is 2.45. The minimum atomic E-state index is -0.522. The van der Waals surface area contributed by atoms with Gasteiger partial charge in [-0.1, -0.05) is 24.3 Å². The first kappa shape index (κ1) is 19.7. The third kappa shape index (κ3) is 4.05. The monoisotopic (exact) mass is 407 g/mol. The van der Waals surface area contributed by atoms with Crippen molar-refractivity contribution in [2.24, 2.45) is 7.05 Å². The highest BCUT2D eigenvalue weighted by atomic mass is 16.2. The van der Waals surface area contributed by atoms with Gasteiger partial charge in [-0.2, -0.15) is 10.2 Å². The SMILES string of the molecule is CN1C2=CC=CC1C(=O)Nc1cn(C)nc1C(=O)NC/C=C\CCCn1cc2cn1. The van der Waals surface area contributed by atoms with E-state index in [9.17, 15) is 9.59 Å². The summed E-state index contributed by atoms with van der Waals surface area (Å²) < 4.78 is 3.43. The number of aromatic nitrogens is 4. The van der Waals surface area contributed by atoms with Crippen LogP contribution in [0.3, 0.4) is 0 Å². The van der Waals surface area contributed by atoms with Crippen molar-refractivity contribution in [1.29, 1.82) is 0 Å². The molecule has 0 saturated heterocycles. The summed E-state index contributed by atoms with van der Waals surface area (Å²) in [4.78, 5) is 27.5. The quantitative estimate of drug-likeness (QED) is 0.646. The third-order valence-electron chi connectivity index (χ3n) is 5.15. The zero-order valence-electron chi connectivity index (χ0n) is 17.1. The summed E-state index contributed by atoms with van der Waals surface area (Å²) in [6, 6.07) is -0.522. The summed E-state index contributed by atoms with van der Waals surface area (Å²) in [5.74, 6) is -0.567. The topological polar surface area (TPSA) is 97.1 Å². The molecular formula is C21H25N7O2. The smallest absolute Gasteiger partial charge is 0.274 e. The number of nitrogens with zero attached hydrogens (tertiary/aromatic N) is 5. The van der Waals surface area contributed by atoms with Crippen LogP contribution in [0.15, 0.2) is 49.0 Å². The lowest BCUT2D eigenvalue weighted by Gasteiger charge is -2.30. The highest BCUT2D eigenvalue weighted by Crippen LogP contribution is 2.25. The van der Waals surface area contributed by atoms with Crippen LogP contribution in [-0.4, -0.2) is 55.9 Å². The molecule has 2 N–H and O–H groups in total. The summed E-state index contributed by atoms with van der Waals surface area (Å²) >= 11 is 0. The van der Waals surface area contributed by atoms with Gasteiger partial charge in [0.25, 0.3) is 11.8 Å². The molecule has 0 aliphatic carbocycles. The number of anilines is 1. The Morgan fingerprint density at radius 3 is 2.90 bits per heavy atom. The number of carbonyl (C=O) groups excluding carboxylic acids is 2. The van der Waals surface area contributed by atoms with E-state index in [-0.39, 0.29) is 17.5 Å². The van der Waals surface area contributed by atoms with Crippen molar-refractivity contribution in [3.8, 4) is 0 Å². The van der Waals surface area contributed by atoms with Crippen LogP contribution in [0.5, 0.6) is 0 Å². The van der Waals surface area contributed by atoms with Gasteiger partial charge in [-0.25, -0.2) is 0 Å². The van der Waals surface area contributed by atoms with E-state index >= 15 is 0 Å². The number of carbonyl (C=O) groups is 2. The van der Waals surface area contributed by atoms with E-state index in [1.807, 2.05) is 59.4 Å². The average Bonchev–Trinajstić information content (AvgIpc) is 3.33. The highest BCUT2D eigenvalue weighted by molar-refractivity contribution is 6.04. The Labute approximate surface area is 174 Å². The molecule has 4 rings (SSSR count). The van der Waals surface area contributed by atoms with E-state index < -0.39 is 6.04 Å². The minimum absolute atomic E-state index is 0.194. The van der Waals surface area contributed by atoms with Crippen molar-refractivity contribution in [3.05, 3.63) is 60.2 Å². The molecule has 30 heavy (non-hydrogen) atoms. The molecule has 9 nitrogen and oxygen atoms in total. The van der Waals surface area contributed by atoms with Crippen molar-refractivity contribution in [2.45, 2.75) is 25.4 Å². The van der Waals surface area contributed by atoms with Gasteiger partial charge < -0.3 is 15.5 Å². The molecule has 2 aromatic heterocycles. The maximum atomic E-state index is 13.0. The van der Waals surface area contributed by atoms with Crippen molar-refractivity contribution in [1.82, 2.24) is 29.8 Å². The Hall–Kier alpha value is -3.62. The molecule has 0 radical (unpaired) electrons. The van der Waals surface area contributed by atoms with E-state index in [0.717, 1.165) is 30.6 Å². The number of hydrogen-bond acceptors (Lipinski definition) is 5. The van der Waals surface area contributed by atoms with Crippen molar-refractivity contribution in [2.75, 3.05) is 18.9 Å². The number of rotatable bonds is 0. The van der Waals surface area contributed by atoms with Gasteiger partial charge >= 0.3 is 0 Å². The molecule has 0 fully saturated rings. The molecule has 4 heterocycles. The molecular weight excluding hydrogens is 382 g/mol. The number of amides is 2. The molecule has 1 unspecified atom stereocenters. The molecule has 1 atom stereocenters. The Balaban J connectivity index is 1.65. The van der Waals surface area contributed by atoms with E-state index in [1.54, 1.807) is 13.2 Å². The van der Waals surface area contributed by atoms with Gasteiger partial charge in [0.05, 0.1) is 11.9 Å². The highest BCUT2D eigenvalue weighted by Gasteiger charge is 2.27. The standard InChI is InChI=1S/C21H25N7O2/c1-26-14-16-19(25-26)21(30)22-10-5-3-4-6-11-28-13-15(12-23-28)17-8-7-9-18(27(17)2)20(29)24-16/h3,5,7-9,12-14,18H,4,6,10-11H2,1-2H3,(H,22,30)(H,24,29)/b5-3-. The summed E-state index contributed by atoms with van der Waals surface area (Å²) in [6.45, 7) is 1.20. The molecule has 0 saturated carbocycles. The number of allylic oxidation sites excluding steroid dienone is 3. The lowest BCUT2D eigenvalue weighted by Crippen LogP contribution is -2.40. The number of fused-ring (bicyclic) bond motifs is 6. The lowest BCUT2D eigenvalue weighted by atomic mass is 10.1. The van der Waals surface area contributed by atoms with Crippen LogP contribution in [0, 0.1) is 0 Å². The maximum Gasteiger partial charge on any atom is 0.274 e. The largest absolute Gasteiger partial charge is 0.359 e. The van der Waals surface area contributed by atoms with Crippen LogP contribution in [0.4, 0.5) is 5.69 Å². The number of likely N-dealkylation sites (N-methyl/N-ethyl adjacent to an activating group) is 1. The van der Waals surface area contributed by atoms with Crippen molar-refractivity contribution in [3.63, 3.8) is 0 Å². The normalized spacial score (nSPS) is 21.1. The van der Waals surface area contributed by atoms with Crippen LogP contribution >= 0.6 is 0 Å². The van der Waals surface area contributed by atoms with E-state index in [0.29, 0.717) is 12.2 Å². The fourth-order valence-corrected chi connectivity index (χ4v) is 3.59. The van der Waals surface area contributed by atoms with Gasteiger partial charge in [-0.3, -0.25) is 19.0 Å². The molecule has 2 aromatic rings. The molecule has 2 aliphatic heterocycles. The average molecular weight is 407 g/mol. The number of aryl methyl sites for hydroxylation is 2. The second-order valence-electron chi connectivity index (χ2n) is 7.36. The predicted molar refractivity (Wildman–Crippen MR) is 113 cm³/mol. The molecule has 0 spiro atoms. The zero-order chi connectivity index (χ0) is 21.1. The van der Waals surface area contributed by atoms with Crippen LogP contribution in [0.2, 0.25) is 0 Å². The number of nitrogens with one attached hydrogen (secondary N) is 2. The van der Waals surface area contributed by atoms with Gasteiger partial charge in [0, 0.05) is 50.8 Å². The fourth-order valence-electron chi connectivity index (χ4n) is 3.59. The lowest BCUT2D eigenvalue weighted by molar-refractivity contribution is -0.118. The van der Waals surface area contributed by atoms with Crippen LogP contribution in [0.1, 0.15) is 28.9 Å². The van der Waals surface area contributed by atoms with Crippen molar-refractivity contribution >= 4 is 23.2 Å². The fraction of sp³-hybridized carbons (Fsp3) is 0.333. The van der Waals surface area contributed by atoms with Gasteiger partial charge in [0.15, 0.2) is 5.69 Å². The predicted octanol–water partition coefficient (Wildman–Crippen LogP) is 1.55. The minimum Gasteiger partial charge on any atom is -0.359 e. The van der Waals surface area contributed by atoms with E-state index in [1.165, 1.54) is 4.68 Å². The molecule has 2 aliphatic rings. The van der Waals surface area contributed by atoms with Crippen molar-refractivity contribution < 1.29 is 9.59 Å². The Kier molecular flexibility index (Phi) is 5.51. The molecule has 2 amide bonds. The summed E-state index contributed by atoms with van der Waals surface area (Å²) in [7, 11) is 3.59. The van der Waals surface area contributed by atoms with E-state index in [4.69, 9.17) is 0 Å². The third-order valence-corrected chi connectivity index (χ3v) is 5.15. The molecule has 0 aromatic carbocycles. The second kappa shape index (κ2) is 8.40. The zero-order valence-corrected chi connectivity index (χ0v) is 17.1. The number of hydrogen-bond donors (Lipinski definition) is 2. The summed E-state index contributed by atoms with van der Waals surface area (Å²) in [5, 5.41) is 14.3. The molecule has 9 heteroatoms. The van der Waals surface area contributed by atoms with Crippen LogP contribution in [0.25, 0.3) is 5.70 Å². The van der Waals surface area contributed by atoms with Gasteiger partial charge in [0.1, 0.15) is 6.04 Å². The van der Waals surface area contributed by atoms with Gasteiger partial charge in [0.2, 0.25) is 0 Å².